The van der Waals surface area contributed by atoms with Crippen LogP contribution in [0.15, 0.2) is 57.3 Å². The van der Waals surface area contributed by atoms with Gasteiger partial charge in [-0.2, -0.15) is 0 Å². The first-order valence-corrected chi connectivity index (χ1v) is 18.4. The number of methoxy groups -OCH3 is 1. The van der Waals surface area contributed by atoms with Crippen molar-refractivity contribution in [1.82, 2.24) is 0 Å². The molecule has 3 aliphatic rings. The second-order valence-electron chi connectivity index (χ2n) is 14.5. The van der Waals surface area contributed by atoms with E-state index in [0.29, 0.717) is 16.9 Å². The lowest BCUT2D eigenvalue weighted by molar-refractivity contribution is -0.335. The molecule has 3 saturated heterocycles. The molecule has 0 unspecified atom stereocenters. The van der Waals surface area contributed by atoms with E-state index in [9.17, 15) is 45.6 Å². The average molecular weight is 791 g/mol. The van der Waals surface area contributed by atoms with Gasteiger partial charge in [0.15, 0.2) is 12.1 Å². The standard InChI is InChI=1S/C39H50O17/c1-16(2)6-11-21-24(52-39-33(48)31(46)29(44)26(15-40)54-39)13-12-22-28(43)36(34(55-35(21)22)19-7-9-20(49-5)10-8-19)56-37-25(14-23(41)17(3)50-37)53-38-32(47)30(45)27(42)18(4)51-38/h6-10,12-13,17-18,23,25-27,29-33,37-42,44-48H,11,14-15H2,1-5H3/t17-,18-,23-,25-,26-,27-,29-,30-,31-,32-,33-,37+,38+,39-/m1/s1. The number of fused-ring (bicyclic) bond motifs is 1. The van der Waals surface area contributed by atoms with E-state index in [-0.39, 0.29) is 41.1 Å². The number of rotatable bonds is 11. The average Bonchev–Trinajstić information content (AvgIpc) is 3.18. The molecule has 3 aromatic rings. The quantitative estimate of drug-likeness (QED) is 0.121. The monoisotopic (exact) mass is 790 g/mol. The number of hydrogen-bond donors (Lipinski definition) is 8. The van der Waals surface area contributed by atoms with Crippen molar-refractivity contribution in [2.45, 2.75) is 127 Å². The maximum atomic E-state index is 14.7. The normalized spacial score (nSPS) is 34.9. The van der Waals surface area contributed by atoms with Crippen LogP contribution in [-0.2, 0) is 25.4 Å². The van der Waals surface area contributed by atoms with E-state index in [1.807, 2.05) is 19.9 Å². The van der Waals surface area contributed by atoms with Gasteiger partial charge in [-0.1, -0.05) is 11.6 Å². The van der Waals surface area contributed by atoms with E-state index in [1.54, 1.807) is 31.2 Å². The topological polar surface area (TPSA) is 257 Å². The van der Waals surface area contributed by atoms with Crippen molar-refractivity contribution in [1.29, 1.82) is 0 Å². The SMILES string of the molecule is COc1ccc(-c2oc3c(CC=C(C)C)c(O[C@@H]4O[C@H](CO)[C@@H](O)[C@@H](O)[C@H]4O)ccc3c(=O)c2O[C@@H]2O[C@H](C)[C@H](O)C[C@H]2O[C@@H]2O[C@H](C)[C@@H](O)[C@@H](O)[C@H]2O)cc1. The smallest absolute Gasteiger partial charge is 0.235 e. The molecule has 17 heteroatoms. The van der Waals surface area contributed by atoms with Crippen LogP contribution in [-0.4, -0.2) is 141 Å². The number of allylic oxidation sites excluding steroid dienone is 2. The fourth-order valence-corrected chi connectivity index (χ4v) is 6.79. The maximum absolute atomic E-state index is 14.7. The maximum Gasteiger partial charge on any atom is 0.235 e. The number of ether oxygens (including phenoxy) is 7. The zero-order valence-electron chi connectivity index (χ0n) is 31.5. The third-order valence-corrected chi connectivity index (χ3v) is 10.3. The Kier molecular flexibility index (Phi) is 13.1. The van der Waals surface area contributed by atoms with Crippen molar-refractivity contribution >= 4 is 11.0 Å². The highest BCUT2D eigenvalue weighted by Gasteiger charge is 2.47. The van der Waals surface area contributed by atoms with Crippen LogP contribution in [0.4, 0.5) is 0 Å². The summed E-state index contributed by atoms with van der Waals surface area (Å²) >= 11 is 0. The van der Waals surface area contributed by atoms with Crippen molar-refractivity contribution in [3.05, 3.63) is 63.8 Å². The van der Waals surface area contributed by atoms with Gasteiger partial charge in [0.25, 0.3) is 0 Å². The van der Waals surface area contributed by atoms with E-state index < -0.39 is 98.0 Å². The first-order chi connectivity index (χ1) is 26.6. The highest BCUT2D eigenvalue weighted by atomic mass is 16.8. The van der Waals surface area contributed by atoms with E-state index in [0.717, 1.165) is 5.57 Å². The molecule has 0 radical (unpaired) electrons. The minimum absolute atomic E-state index is 0.0455. The molecular weight excluding hydrogens is 740 g/mol. The molecular formula is C39H50O17. The van der Waals surface area contributed by atoms with Gasteiger partial charge in [0.1, 0.15) is 65.9 Å². The van der Waals surface area contributed by atoms with Crippen molar-refractivity contribution < 1.29 is 78.4 Å². The Balaban J connectivity index is 1.46. The molecule has 14 atom stereocenters. The molecule has 308 valence electrons. The first kappa shape index (κ1) is 41.9. The van der Waals surface area contributed by atoms with Gasteiger partial charge in [0.2, 0.25) is 23.8 Å². The fraction of sp³-hybridized carbons (Fsp3) is 0.564. The molecule has 56 heavy (non-hydrogen) atoms. The molecule has 3 fully saturated rings. The Labute approximate surface area is 321 Å². The molecule has 4 heterocycles. The lowest BCUT2D eigenvalue weighted by Gasteiger charge is -2.43. The molecule has 6 rings (SSSR count). The van der Waals surface area contributed by atoms with Crippen LogP contribution in [0.25, 0.3) is 22.3 Å². The molecule has 0 spiro atoms. The molecule has 17 nitrogen and oxygen atoms in total. The molecule has 2 aromatic carbocycles. The van der Waals surface area contributed by atoms with Crippen LogP contribution in [0.5, 0.6) is 17.2 Å². The van der Waals surface area contributed by atoms with Crippen LogP contribution < -0.4 is 19.6 Å². The number of benzene rings is 2. The van der Waals surface area contributed by atoms with Gasteiger partial charge in [0, 0.05) is 17.5 Å². The van der Waals surface area contributed by atoms with Crippen LogP contribution >= 0.6 is 0 Å². The molecule has 0 saturated carbocycles. The summed E-state index contributed by atoms with van der Waals surface area (Å²) in [7, 11) is 1.50. The third-order valence-electron chi connectivity index (χ3n) is 10.3. The van der Waals surface area contributed by atoms with Crippen LogP contribution in [0.1, 0.15) is 39.7 Å². The molecule has 0 bridgehead atoms. The van der Waals surface area contributed by atoms with Crippen LogP contribution in [0, 0.1) is 0 Å². The van der Waals surface area contributed by atoms with Crippen LogP contribution in [0.3, 0.4) is 0 Å². The lowest BCUT2D eigenvalue weighted by atomic mass is 9.99. The first-order valence-electron chi connectivity index (χ1n) is 18.4. The van der Waals surface area contributed by atoms with Crippen molar-refractivity contribution in [3.63, 3.8) is 0 Å². The van der Waals surface area contributed by atoms with E-state index in [2.05, 4.69) is 0 Å². The highest BCUT2D eigenvalue weighted by molar-refractivity contribution is 5.86. The highest BCUT2D eigenvalue weighted by Crippen LogP contribution is 2.39. The van der Waals surface area contributed by atoms with Crippen LogP contribution in [0.2, 0.25) is 0 Å². The van der Waals surface area contributed by atoms with E-state index >= 15 is 0 Å². The second kappa shape index (κ2) is 17.4. The fourth-order valence-electron chi connectivity index (χ4n) is 6.79. The number of aliphatic hydroxyl groups is 8. The summed E-state index contributed by atoms with van der Waals surface area (Å²) in [5.41, 5.74) is 1.08. The summed E-state index contributed by atoms with van der Waals surface area (Å²) in [6.07, 6.45) is -17.3. The van der Waals surface area contributed by atoms with E-state index in [4.69, 9.17) is 37.6 Å². The molecule has 3 aliphatic heterocycles. The predicted octanol–water partition coefficient (Wildman–Crippen LogP) is 0.243. The summed E-state index contributed by atoms with van der Waals surface area (Å²) < 4.78 is 47.7. The third kappa shape index (κ3) is 8.45. The van der Waals surface area contributed by atoms with Gasteiger partial charge >= 0.3 is 0 Å². The van der Waals surface area contributed by atoms with Crippen molar-refractivity contribution in [2.24, 2.45) is 0 Å². The minimum atomic E-state index is -1.71. The molecule has 8 N–H and O–H groups in total. The summed E-state index contributed by atoms with van der Waals surface area (Å²) in [6, 6.07) is 9.45. The Morgan fingerprint density at radius 3 is 2.11 bits per heavy atom. The van der Waals surface area contributed by atoms with Crippen molar-refractivity contribution in [2.75, 3.05) is 13.7 Å². The van der Waals surface area contributed by atoms with Gasteiger partial charge in [-0.25, -0.2) is 0 Å². The van der Waals surface area contributed by atoms with Gasteiger partial charge in [-0.05, 0) is 70.5 Å². The predicted molar refractivity (Wildman–Crippen MR) is 195 cm³/mol. The summed E-state index contributed by atoms with van der Waals surface area (Å²) in [5.74, 6) is 0.278. The largest absolute Gasteiger partial charge is 0.497 e. The summed E-state index contributed by atoms with van der Waals surface area (Å²) in [4.78, 5) is 14.7. The molecule has 0 amide bonds. The zero-order valence-corrected chi connectivity index (χ0v) is 31.5. The van der Waals surface area contributed by atoms with Gasteiger partial charge in [-0.3, -0.25) is 4.79 Å². The van der Waals surface area contributed by atoms with Crippen molar-refractivity contribution in [3.8, 4) is 28.6 Å². The zero-order chi connectivity index (χ0) is 40.6. The summed E-state index contributed by atoms with van der Waals surface area (Å²) in [6.45, 7) is 6.17. The lowest BCUT2D eigenvalue weighted by Crippen LogP contribution is -2.60. The van der Waals surface area contributed by atoms with E-state index in [1.165, 1.54) is 26.2 Å². The number of aliphatic hydroxyl groups excluding tert-OH is 8. The Morgan fingerprint density at radius 2 is 1.45 bits per heavy atom. The number of hydrogen-bond acceptors (Lipinski definition) is 17. The Morgan fingerprint density at radius 1 is 0.786 bits per heavy atom. The van der Waals surface area contributed by atoms with Gasteiger partial charge < -0.3 is 78.4 Å². The second-order valence-corrected chi connectivity index (χ2v) is 14.5. The summed E-state index contributed by atoms with van der Waals surface area (Å²) in [5, 5.41) is 83.3. The minimum Gasteiger partial charge on any atom is -0.497 e. The van der Waals surface area contributed by atoms with Gasteiger partial charge in [-0.15, -0.1) is 0 Å². The van der Waals surface area contributed by atoms with Gasteiger partial charge in [0.05, 0.1) is 37.4 Å². The molecule has 0 aliphatic carbocycles. The Hall–Kier alpha value is -3.69. The molecule has 1 aromatic heterocycles. The Bertz CT molecular complexity index is 1890.